The predicted octanol–water partition coefficient (Wildman–Crippen LogP) is 6.58. The molecule has 0 aliphatic carbocycles. The number of benzene rings is 1. The van der Waals surface area contributed by atoms with Crippen LogP contribution in [0.25, 0.3) is 33.3 Å². The summed E-state index contributed by atoms with van der Waals surface area (Å²) in [6, 6.07) is 14.0. The summed E-state index contributed by atoms with van der Waals surface area (Å²) in [4.78, 5) is 15.9. The van der Waals surface area contributed by atoms with Gasteiger partial charge in [0.2, 0.25) is 5.88 Å². The standard InChI is InChI=1S/C25H24F2N4O.CH3I/c1-32-23-8-7-19(12-28-23)22-14-30-24-21(22)11-20(13-29-24)18-5-3-17(4-6-18)15-31-10-2-9-25(26,27)16-31;1-2/h3-8,11-14H,2,9-10,15-16H2,1H3,(H,29,30);1H3. The van der Waals surface area contributed by atoms with E-state index in [9.17, 15) is 8.78 Å². The fourth-order valence-corrected chi connectivity index (χ4v) is 4.30. The number of fused-ring (bicyclic) bond motifs is 1. The number of methoxy groups -OCH3 is 1. The van der Waals surface area contributed by atoms with Crippen LogP contribution >= 0.6 is 22.6 Å². The van der Waals surface area contributed by atoms with Crippen molar-refractivity contribution >= 4 is 33.6 Å². The number of ether oxygens (including phenoxy) is 1. The topological polar surface area (TPSA) is 54.0 Å². The van der Waals surface area contributed by atoms with E-state index in [-0.39, 0.29) is 13.0 Å². The maximum atomic E-state index is 13.7. The van der Waals surface area contributed by atoms with Crippen molar-refractivity contribution in [3.05, 3.63) is 66.6 Å². The number of likely N-dealkylation sites (tertiary alicyclic amines) is 1. The van der Waals surface area contributed by atoms with E-state index in [0.29, 0.717) is 25.4 Å². The molecule has 0 saturated carbocycles. The zero-order chi connectivity index (χ0) is 24.1. The molecule has 0 radical (unpaired) electrons. The molecule has 0 spiro atoms. The van der Waals surface area contributed by atoms with Crippen LogP contribution in [0.15, 0.2) is 61.1 Å². The van der Waals surface area contributed by atoms with Gasteiger partial charge in [0.25, 0.3) is 5.92 Å². The van der Waals surface area contributed by atoms with Gasteiger partial charge in [0.1, 0.15) is 5.65 Å². The van der Waals surface area contributed by atoms with E-state index in [2.05, 4.69) is 43.6 Å². The van der Waals surface area contributed by atoms with E-state index in [1.54, 1.807) is 13.3 Å². The van der Waals surface area contributed by atoms with Crippen LogP contribution in [-0.4, -0.2) is 50.9 Å². The average molecular weight is 576 g/mol. The number of piperidine rings is 1. The molecule has 4 heterocycles. The summed E-state index contributed by atoms with van der Waals surface area (Å²) in [6.45, 7) is 1.10. The third-order valence-electron chi connectivity index (χ3n) is 5.95. The van der Waals surface area contributed by atoms with Crippen molar-refractivity contribution < 1.29 is 13.5 Å². The molecule has 1 fully saturated rings. The first-order valence-corrected chi connectivity index (χ1v) is 13.2. The van der Waals surface area contributed by atoms with Gasteiger partial charge in [0.05, 0.1) is 13.7 Å². The minimum atomic E-state index is -2.58. The number of H-pyrrole nitrogens is 1. The zero-order valence-electron chi connectivity index (χ0n) is 19.2. The Morgan fingerprint density at radius 2 is 1.76 bits per heavy atom. The van der Waals surface area contributed by atoms with Crippen LogP contribution in [0.5, 0.6) is 5.88 Å². The minimum absolute atomic E-state index is 0.00829. The number of nitrogens with zero attached hydrogens (tertiary/aromatic N) is 3. The van der Waals surface area contributed by atoms with Crippen LogP contribution in [0.2, 0.25) is 0 Å². The summed E-state index contributed by atoms with van der Waals surface area (Å²) in [7, 11) is 1.59. The SMILES string of the molecule is CI.COc1ccc(-c2c[nH]c3ncc(-c4ccc(CN5CCCC(F)(F)C5)cc4)cc23)cn1. The van der Waals surface area contributed by atoms with Gasteiger partial charge in [-0.1, -0.05) is 46.9 Å². The largest absolute Gasteiger partial charge is 0.481 e. The molecule has 8 heteroatoms. The lowest BCUT2D eigenvalue weighted by atomic mass is 10.0. The van der Waals surface area contributed by atoms with Gasteiger partial charge in [-0.2, -0.15) is 0 Å². The van der Waals surface area contributed by atoms with Crippen molar-refractivity contribution in [3.8, 4) is 28.1 Å². The Labute approximate surface area is 211 Å². The minimum Gasteiger partial charge on any atom is -0.481 e. The highest BCUT2D eigenvalue weighted by Crippen LogP contribution is 2.32. The van der Waals surface area contributed by atoms with Gasteiger partial charge >= 0.3 is 0 Å². The van der Waals surface area contributed by atoms with E-state index in [4.69, 9.17) is 4.74 Å². The fraction of sp³-hybridized carbons (Fsp3) is 0.308. The predicted molar refractivity (Wildman–Crippen MR) is 141 cm³/mol. The van der Waals surface area contributed by atoms with Crippen LogP contribution in [-0.2, 0) is 6.54 Å². The van der Waals surface area contributed by atoms with Crippen molar-refractivity contribution in [2.24, 2.45) is 0 Å². The molecule has 178 valence electrons. The number of pyridine rings is 2. The Morgan fingerprint density at radius 3 is 2.44 bits per heavy atom. The van der Waals surface area contributed by atoms with Crippen LogP contribution < -0.4 is 4.74 Å². The maximum absolute atomic E-state index is 13.7. The molecule has 34 heavy (non-hydrogen) atoms. The molecule has 0 unspecified atom stereocenters. The highest BCUT2D eigenvalue weighted by molar-refractivity contribution is 14.1. The van der Waals surface area contributed by atoms with Crippen molar-refractivity contribution in [2.45, 2.75) is 25.3 Å². The lowest BCUT2D eigenvalue weighted by Gasteiger charge is -2.32. The first-order valence-electron chi connectivity index (χ1n) is 11.1. The molecule has 1 N–H and O–H groups in total. The normalized spacial score (nSPS) is 15.6. The lowest BCUT2D eigenvalue weighted by molar-refractivity contribution is -0.0661. The fourth-order valence-electron chi connectivity index (χ4n) is 4.30. The Kier molecular flexibility index (Phi) is 7.77. The number of hydrogen-bond donors (Lipinski definition) is 1. The Morgan fingerprint density at radius 1 is 1.03 bits per heavy atom. The number of halogens is 3. The van der Waals surface area contributed by atoms with Gasteiger partial charge in [-0.15, -0.1) is 0 Å². The molecule has 1 aliphatic rings. The Bertz CT molecular complexity index is 1230. The summed E-state index contributed by atoms with van der Waals surface area (Å²) in [6.07, 6.45) is 6.09. The van der Waals surface area contributed by atoms with E-state index >= 15 is 0 Å². The van der Waals surface area contributed by atoms with Gasteiger partial charge in [-0.05, 0) is 41.2 Å². The van der Waals surface area contributed by atoms with Crippen LogP contribution in [0.1, 0.15) is 18.4 Å². The van der Waals surface area contributed by atoms with E-state index in [1.807, 2.05) is 58.6 Å². The van der Waals surface area contributed by atoms with Gasteiger partial charge < -0.3 is 9.72 Å². The second-order valence-corrected chi connectivity index (χ2v) is 8.28. The van der Waals surface area contributed by atoms with E-state index in [0.717, 1.165) is 38.9 Å². The average Bonchev–Trinajstić information content (AvgIpc) is 3.28. The molecular formula is C26H27F2IN4O. The van der Waals surface area contributed by atoms with Crippen LogP contribution in [0.4, 0.5) is 8.78 Å². The van der Waals surface area contributed by atoms with Crippen molar-refractivity contribution in [1.29, 1.82) is 0 Å². The summed E-state index contributed by atoms with van der Waals surface area (Å²) in [5, 5.41) is 1.01. The molecule has 0 amide bonds. The number of rotatable bonds is 5. The summed E-state index contributed by atoms with van der Waals surface area (Å²) < 4.78 is 32.5. The number of nitrogens with one attached hydrogen (secondary N) is 1. The highest BCUT2D eigenvalue weighted by atomic mass is 127. The van der Waals surface area contributed by atoms with E-state index in [1.165, 1.54) is 0 Å². The third-order valence-corrected chi connectivity index (χ3v) is 5.95. The van der Waals surface area contributed by atoms with Crippen molar-refractivity contribution in [1.82, 2.24) is 19.9 Å². The molecule has 0 bridgehead atoms. The monoisotopic (exact) mass is 576 g/mol. The molecule has 0 atom stereocenters. The zero-order valence-corrected chi connectivity index (χ0v) is 21.4. The van der Waals surface area contributed by atoms with Crippen molar-refractivity contribution in [3.63, 3.8) is 0 Å². The molecule has 1 saturated heterocycles. The van der Waals surface area contributed by atoms with Crippen molar-refractivity contribution in [2.75, 3.05) is 25.1 Å². The number of alkyl halides is 3. The second kappa shape index (κ2) is 10.8. The first-order chi connectivity index (χ1) is 16.5. The van der Waals surface area contributed by atoms with Gasteiger partial charge in [-0.25, -0.2) is 18.7 Å². The number of aromatic nitrogens is 3. The Balaban J connectivity index is 0.00000133. The van der Waals surface area contributed by atoms with Crippen LogP contribution in [0, 0.1) is 0 Å². The first kappa shape index (κ1) is 24.5. The molecule has 3 aromatic heterocycles. The summed E-state index contributed by atoms with van der Waals surface area (Å²) in [5.74, 6) is -2.01. The van der Waals surface area contributed by atoms with Gasteiger partial charge in [0, 0.05) is 59.7 Å². The third kappa shape index (κ3) is 5.55. The highest BCUT2D eigenvalue weighted by Gasteiger charge is 2.34. The summed E-state index contributed by atoms with van der Waals surface area (Å²) in [5.41, 5.74) is 5.87. The molecule has 5 nitrogen and oxygen atoms in total. The van der Waals surface area contributed by atoms with Gasteiger partial charge in [-0.3, -0.25) is 4.90 Å². The van der Waals surface area contributed by atoms with Gasteiger partial charge in [0.15, 0.2) is 0 Å². The Hall–Kier alpha value is -2.59. The van der Waals surface area contributed by atoms with Crippen LogP contribution in [0.3, 0.4) is 0 Å². The quantitative estimate of drug-likeness (QED) is 0.216. The molecular weight excluding hydrogens is 549 g/mol. The molecule has 5 rings (SSSR count). The van der Waals surface area contributed by atoms with E-state index < -0.39 is 5.92 Å². The summed E-state index contributed by atoms with van der Waals surface area (Å²) >= 11 is 2.15. The molecule has 1 aliphatic heterocycles. The number of hydrogen-bond acceptors (Lipinski definition) is 4. The molecule has 1 aromatic carbocycles. The smallest absolute Gasteiger partial charge is 0.260 e. The maximum Gasteiger partial charge on any atom is 0.260 e. The molecule has 4 aromatic rings. The lowest BCUT2D eigenvalue weighted by Crippen LogP contribution is -2.41. The second-order valence-electron chi connectivity index (χ2n) is 8.28. The number of aromatic amines is 1.